The van der Waals surface area contributed by atoms with E-state index in [-0.39, 0.29) is 11.3 Å². The van der Waals surface area contributed by atoms with Gasteiger partial charge in [0.05, 0.1) is 0 Å². The minimum Gasteiger partial charge on any atom is -0.322 e. The van der Waals surface area contributed by atoms with Crippen molar-refractivity contribution in [1.82, 2.24) is 0 Å². The minimum absolute atomic E-state index is 0.0834. The number of rotatable bonds is 3. The summed E-state index contributed by atoms with van der Waals surface area (Å²) in [6, 6.07) is 15.3. The van der Waals surface area contributed by atoms with Crippen LogP contribution in [-0.4, -0.2) is 5.91 Å². The zero-order valence-electron chi connectivity index (χ0n) is 12.6. The van der Waals surface area contributed by atoms with E-state index in [9.17, 15) is 4.79 Å². The quantitative estimate of drug-likeness (QED) is 0.796. The number of carbonyl (C=O) groups excluding carboxylic acids is 1. The van der Waals surface area contributed by atoms with Crippen molar-refractivity contribution >= 4 is 23.2 Å². The Morgan fingerprint density at radius 3 is 2.33 bits per heavy atom. The van der Waals surface area contributed by atoms with Crippen LogP contribution in [0.4, 0.5) is 5.69 Å². The molecule has 1 N–H and O–H groups in total. The SMILES string of the molecule is CC(C)(C)c1ccccc1C(=O)Nc1ccccc1CCl. The van der Waals surface area contributed by atoms with Gasteiger partial charge in [-0.25, -0.2) is 0 Å². The first-order valence-electron chi connectivity index (χ1n) is 6.98. The van der Waals surface area contributed by atoms with E-state index in [2.05, 4.69) is 26.1 Å². The summed E-state index contributed by atoms with van der Waals surface area (Å²) < 4.78 is 0. The predicted octanol–water partition coefficient (Wildman–Crippen LogP) is 4.98. The average molecular weight is 302 g/mol. The molecule has 0 fully saturated rings. The van der Waals surface area contributed by atoms with Gasteiger partial charge in [0.15, 0.2) is 0 Å². The number of hydrogen-bond donors (Lipinski definition) is 1. The molecule has 21 heavy (non-hydrogen) atoms. The van der Waals surface area contributed by atoms with Gasteiger partial charge in [0, 0.05) is 17.1 Å². The van der Waals surface area contributed by atoms with Gasteiger partial charge in [0.2, 0.25) is 0 Å². The number of anilines is 1. The lowest BCUT2D eigenvalue weighted by Gasteiger charge is -2.22. The second kappa shape index (κ2) is 6.31. The molecule has 0 saturated carbocycles. The monoisotopic (exact) mass is 301 g/mol. The molecule has 0 aliphatic heterocycles. The Labute approximate surface area is 131 Å². The molecule has 0 aliphatic rings. The van der Waals surface area contributed by atoms with E-state index in [0.29, 0.717) is 11.4 Å². The fourth-order valence-corrected chi connectivity index (χ4v) is 2.52. The van der Waals surface area contributed by atoms with E-state index in [4.69, 9.17) is 11.6 Å². The maximum Gasteiger partial charge on any atom is 0.255 e. The lowest BCUT2D eigenvalue weighted by molar-refractivity contribution is 0.102. The van der Waals surface area contributed by atoms with Crippen molar-refractivity contribution in [3.05, 3.63) is 65.2 Å². The van der Waals surface area contributed by atoms with Gasteiger partial charge in [-0.1, -0.05) is 57.2 Å². The molecule has 1 amide bonds. The van der Waals surface area contributed by atoms with E-state index in [0.717, 1.165) is 16.8 Å². The molecule has 2 aromatic carbocycles. The lowest BCUT2D eigenvalue weighted by Crippen LogP contribution is -2.21. The highest BCUT2D eigenvalue weighted by atomic mass is 35.5. The number of nitrogens with one attached hydrogen (secondary N) is 1. The Bertz CT molecular complexity index is 644. The second-order valence-electron chi connectivity index (χ2n) is 6.04. The van der Waals surface area contributed by atoms with E-state index in [1.54, 1.807) is 0 Å². The average Bonchev–Trinajstić information content (AvgIpc) is 2.47. The molecule has 0 bridgehead atoms. The van der Waals surface area contributed by atoms with Crippen molar-refractivity contribution in [3.8, 4) is 0 Å². The molecule has 2 rings (SSSR count). The molecule has 0 aliphatic carbocycles. The molecule has 0 radical (unpaired) electrons. The lowest BCUT2D eigenvalue weighted by atomic mass is 9.83. The number of para-hydroxylation sites is 1. The zero-order valence-corrected chi connectivity index (χ0v) is 13.4. The normalized spacial score (nSPS) is 11.2. The number of carbonyl (C=O) groups is 1. The Kier molecular flexibility index (Phi) is 4.69. The van der Waals surface area contributed by atoms with Gasteiger partial charge in [0.25, 0.3) is 5.91 Å². The van der Waals surface area contributed by atoms with E-state index < -0.39 is 0 Å². The summed E-state index contributed by atoms with van der Waals surface area (Å²) in [6.07, 6.45) is 0. The summed E-state index contributed by atoms with van der Waals surface area (Å²) >= 11 is 5.91. The Hall–Kier alpha value is -1.80. The van der Waals surface area contributed by atoms with Gasteiger partial charge in [0.1, 0.15) is 0 Å². The first-order chi connectivity index (χ1) is 9.93. The Morgan fingerprint density at radius 2 is 1.67 bits per heavy atom. The predicted molar refractivity (Wildman–Crippen MR) is 89.1 cm³/mol. The molecule has 0 unspecified atom stereocenters. The molecule has 0 aromatic heterocycles. The maximum absolute atomic E-state index is 12.6. The molecular formula is C18H20ClNO. The maximum atomic E-state index is 12.6. The van der Waals surface area contributed by atoms with Crippen LogP contribution in [0.1, 0.15) is 42.3 Å². The van der Waals surface area contributed by atoms with E-state index in [1.165, 1.54) is 0 Å². The van der Waals surface area contributed by atoms with Crippen molar-refractivity contribution < 1.29 is 4.79 Å². The molecule has 0 heterocycles. The highest BCUT2D eigenvalue weighted by molar-refractivity contribution is 6.17. The molecule has 2 nitrogen and oxygen atoms in total. The number of benzene rings is 2. The third-order valence-corrected chi connectivity index (χ3v) is 3.68. The van der Waals surface area contributed by atoms with Crippen molar-refractivity contribution in [2.75, 3.05) is 5.32 Å². The number of alkyl halides is 1. The summed E-state index contributed by atoms with van der Waals surface area (Å²) in [6.45, 7) is 6.31. The largest absolute Gasteiger partial charge is 0.322 e. The van der Waals surface area contributed by atoms with E-state index in [1.807, 2.05) is 48.5 Å². The fraction of sp³-hybridized carbons (Fsp3) is 0.278. The van der Waals surface area contributed by atoms with Crippen molar-refractivity contribution in [2.24, 2.45) is 0 Å². The van der Waals surface area contributed by atoms with Crippen LogP contribution in [0.3, 0.4) is 0 Å². The van der Waals surface area contributed by atoms with Crippen LogP contribution in [0, 0.1) is 0 Å². The summed E-state index contributed by atoms with van der Waals surface area (Å²) in [5, 5.41) is 2.97. The molecule has 110 valence electrons. The van der Waals surface area contributed by atoms with Crippen LogP contribution < -0.4 is 5.32 Å². The first kappa shape index (κ1) is 15.6. The number of amides is 1. The van der Waals surface area contributed by atoms with Crippen LogP contribution in [0.25, 0.3) is 0 Å². The van der Waals surface area contributed by atoms with Crippen LogP contribution in [-0.2, 0) is 11.3 Å². The molecule has 3 heteroatoms. The van der Waals surface area contributed by atoms with Gasteiger partial charge >= 0.3 is 0 Å². The van der Waals surface area contributed by atoms with Gasteiger partial charge in [-0.2, -0.15) is 0 Å². The van der Waals surface area contributed by atoms with Crippen LogP contribution in [0.2, 0.25) is 0 Å². The van der Waals surface area contributed by atoms with Crippen LogP contribution in [0.15, 0.2) is 48.5 Å². The van der Waals surface area contributed by atoms with Gasteiger partial charge < -0.3 is 5.32 Å². The highest BCUT2D eigenvalue weighted by Crippen LogP contribution is 2.27. The molecular weight excluding hydrogens is 282 g/mol. The molecule has 2 aromatic rings. The first-order valence-corrected chi connectivity index (χ1v) is 7.51. The molecule has 0 spiro atoms. The number of halogens is 1. The Balaban J connectivity index is 2.34. The molecule has 0 atom stereocenters. The van der Waals surface area contributed by atoms with Gasteiger partial charge in [-0.15, -0.1) is 11.6 Å². The number of hydrogen-bond acceptors (Lipinski definition) is 1. The van der Waals surface area contributed by atoms with Crippen molar-refractivity contribution in [2.45, 2.75) is 32.1 Å². The minimum atomic E-state index is -0.0990. The third-order valence-electron chi connectivity index (χ3n) is 3.39. The topological polar surface area (TPSA) is 29.1 Å². The van der Waals surface area contributed by atoms with Crippen LogP contribution >= 0.6 is 11.6 Å². The van der Waals surface area contributed by atoms with Crippen molar-refractivity contribution in [1.29, 1.82) is 0 Å². The van der Waals surface area contributed by atoms with E-state index >= 15 is 0 Å². The summed E-state index contributed by atoms with van der Waals surface area (Å²) in [5.74, 6) is 0.273. The van der Waals surface area contributed by atoms with Crippen molar-refractivity contribution in [3.63, 3.8) is 0 Å². The van der Waals surface area contributed by atoms with Gasteiger partial charge in [-0.3, -0.25) is 4.79 Å². The molecule has 0 saturated heterocycles. The summed E-state index contributed by atoms with van der Waals surface area (Å²) in [5.41, 5.74) is 3.34. The standard InChI is InChI=1S/C18H20ClNO/c1-18(2,3)15-10-6-5-9-14(15)17(21)20-16-11-7-4-8-13(16)12-19/h4-11H,12H2,1-3H3,(H,20,21). The zero-order chi connectivity index (χ0) is 15.5. The van der Waals surface area contributed by atoms with Crippen LogP contribution in [0.5, 0.6) is 0 Å². The second-order valence-corrected chi connectivity index (χ2v) is 6.31. The third kappa shape index (κ3) is 3.64. The smallest absolute Gasteiger partial charge is 0.255 e. The summed E-state index contributed by atoms with van der Waals surface area (Å²) in [7, 11) is 0. The fourth-order valence-electron chi connectivity index (χ4n) is 2.28. The van der Waals surface area contributed by atoms with Gasteiger partial charge in [-0.05, 0) is 28.7 Å². The summed E-state index contributed by atoms with van der Waals surface area (Å²) in [4.78, 5) is 12.6. The Morgan fingerprint density at radius 1 is 1.05 bits per heavy atom. The highest BCUT2D eigenvalue weighted by Gasteiger charge is 2.21.